The molecule has 2 rings (SSSR count). The van der Waals surface area contributed by atoms with Gasteiger partial charge in [-0.3, -0.25) is 0 Å². The van der Waals surface area contributed by atoms with Crippen molar-refractivity contribution < 1.29 is 9.53 Å². The number of alkyl carbamates (subject to hydrolysis) is 1. The van der Waals surface area contributed by atoms with Crippen molar-refractivity contribution in [2.24, 2.45) is 0 Å². The van der Waals surface area contributed by atoms with Gasteiger partial charge in [0.25, 0.3) is 0 Å². The van der Waals surface area contributed by atoms with Crippen LogP contribution in [0.2, 0.25) is 0 Å². The van der Waals surface area contributed by atoms with Crippen LogP contribution in [0.4, 0.5) is 4.79 Å². The van der Waals surface area contributed by atoms with Gasteiger partial charge in [-0.1, -0.05) is 0 Å². The number of carbonyl (C=O) groups excluding carboxylic acids is 1. The zero-order valence-electron chi connectivity index (χ0n) is 14.5. The van der Waals surface area contributed by atoms with Crippen molar-refractivity contribution in [3.8, 4) is 0 Å². The number of hydrogen-bond acceptors (Lipinski definition) is 4. The van der Waals surface area contributed by atoms with Gasteiger partial charge in [0.1, 0.15) is 5.60 Å². The van der Waals surface area contributed by atoms with Crippen molar-refractivity contribution >= 4 is 6.09 Å². The van der Waals surface area contributed by atoms with Crippen molar-refractivity contribution in [3.05, 3.63) is 18.7 Å². The first kappa shape index (κ1) is 17.8. The van der Waals surface area contributed by atoms with Crippen LogP contribution in [0, 0.1) is 0 Å². The second kappa shape index (κ2) is 8.34. The van der Waals surface area contributed by atoms with Crippen molar-refractivity contribution in [1.82, 2.24) is 20.2 Å². The molecule has 1 aromatic heterocycles. The Kier molecular flexibility index (Phi) is 6.45. The van der Waals surface area contributed by atoms with Crippen molar-refractivity contribution in [1.29, 1.82) is 0 Å². The Morgan fingerprint density at radius 3 is 2.57 bits per heavy atom. The fourth-order valence-corrected chi connectivity index (χ4v) is 2.90. The van der Waals surface area contributed by atoms with Gasteiger partial charge < -0.3 is 19.9 Å². The second-order valence-corrected chi connectivity index (χ2v) is 7.30. The number of amides is 1. The number of aryl methyl sites for hydroxylation is 1. The Balaban J connectivity index is 1.56. The number of carbonyl (C=O) groups is 1. The molecule has 0 radical (unpaired) electrons. The maximum absolute atomic E-state index is 11.8. The second-order valence-electron chi connectivity index (χ2n) is 7.30. The molecule has 130 valence electrons. The summed E-state index contributed by atoms with van der Waals surface area (Å²) >= 11 is 0. The van der Waals surface area contributed by atoms with Crippen LogP contribution in [-0.4, -0.2) is 39.9 Å². The van der Waals surface area contributed by atoms with E-state index in [-0.39, 0.29) is 12.1 Å². The maximum atomic E-state index is 11.8. The van der Waals surface area contributed by atoms with E-state index in [1.165, 1.54) is 0 Å². The molecule has 0 bridgehead atoms. The molecule has 0 unspecified atom stereocenters. The number of ether oxygens (including phenoxy) is 1. The quantitative estimate of drug-likeness (QED) is 0.790. The van der Waals surface area contributed by atoms with E-state index in [1.807, 2.05) is 39.5 Å². The third-order valence-electron chi connectivity index (χ3n) is 4.03. The number of nitrogens with one attached hydrogen (secondary N) is 2. The molecule has 1 aromatic rings. The van der Waals surface area contributed by atoms with Crippen LogP contribution in [0.25, 0.3) is 0 Å². The summed E-state index contributed by atoms with van der Waals surface area (Å²) in [5.41, 5.74) is -0.432. The smallest absolute Gasteiger partial charge is 0.407 e. The standard InChI is InChI=1S/C17H30N4O2/c1-17(2,3)23-16(22)20-15-7-5-14(6-8-15)19-9-4-11-21-12-10-18-13-21/h10,12-15,19H,4-9,11H2,1-3H3,(H,20,22). The molecule has 0 saturated heterocycles. The van der Waals surface area contributed by atoms with Gasteiger partial charge >= 0.3 is 6.09 Å². The largest absolute Gasteiger partial charge is 0.444 e. The van der Waals surface area contributed by atoms with Gasteiger partial charge in [-0.15, -0.1) is 0 Å². The van der Waals surface area contributed by atoms with Gasteiger partial charge in [-0.25, -0.2) is 9.78 Å². The lowest BCUT2D eigenvalue weighted by atomic mass is 9.91. The molecule has 6 nitrogen and oxygen atoms in total. The Morgan fingerprint density at radius 1 is 1.26 bits per heavy atom. The summed E-state index contributed by atoms with van der Waals surface area (Å²) in [6.07, 6.45) is 10.7. The van der Waals surface area contributed by atoms with Gasteiger partial charge in [-0.2, -0.15) is 0 Å². The molecule has 1 fully saturated rings. The molecule has 0 atom stereocenters. The summed E-state index contributed by atoms with van der Waals surface area (Å²) < 4.78 is 7.41. The summed E-state index contributed by atoms with van der Waals surface area (Å²) in [5.74, 6) is 0. The van der Waals surface area contributed by atoms with Crippen LogP contribution < -0.4 is 10.6 Å². The topological polar surface area (TPSA) is 68.2 Å². The molecule has 0 aliphatic heterocycles. The average Bonchev–Trinajstić information content (AvgIpc) is 2.96. The molecule has 1 aliphatic rings. The van der Waals surface area contributed by atoms with Crippen LogP contribution >= 0.6 is 0 Å². The molecule has 0 aromatic carbocycles. The number of nitrogens with zero attached hydrogens (tertiary/aromatic N) is 2. The lowest BCUT2D eigenvalue weighted by molar-refractivity contribution is 0.0490. The Labute approximate surface area is 139 Å². The fourth-order valence-electron chi connectivity index (χ4n) is 2.90. The minimum Gasteiger partial charge on any atom is -0.444 e. The summed E-state index contributed by atoms with van der Waals surface area (Å²) in [4.78, 5) is 15.8. The maximum Gasteiger partial charge on any atom is 0.407 e. The highest BCUT2D eigenvalue weighted by Crippen LogP contribution is 2.19. The molecule has 1 heterocycles. The number of aromatic nitrogens is 2. The van der Waals surface area contributed by atoms with E-state index < -0.39 is 5.60 Å². The zero-order chi connectivity index (χ0) is 16.7. The lowest BCUT2D eigenvalue weighted by Gasteiger charge is -2.30. The van der Waals surface area contributed by atoms with Gasteiger partial charge in [0.2, 0.25) is 0 Å². The van der Waals surface area contributed by atoms with Crippen LogP contribution in [0.3, 0.4) is 0 Å². The molecule has 23 heavy (non-hydrogen) atoms. The van der Waals surface area contributed by atoms with E-state index in [0.29, 0.717) is 6.04 Å². The molecule has 6 heteroatoms. The SMILES string of the molecule is CC(C)(C)OC(=O)NC1CCC(NCCCn2ccnc2)CC1. The number of hydrogen-bond donors (Lipinski definition) is 2. The average molecular weight is 322 g/mol. The highest BCUT2D eigenvalue weighted by atomic mass is 16.6. The summed E-state index contributed by atoms with van der Waals surface area (Å²) in [6.45, 7) is 7.68. The van der Waals surface area contributed by atoms with Gasteiger partial charge in [0.05, 0.1) is 6.33 Å². The van der Waals surface area contributed by atoms with Crippen LogP contribution in [-0.2, 0) is 11.3 Å². The zero-order valence-corrected chi connectivity index (χ0v) is 14.5. The normalized spacial score (nSPS) is 21.9. The molecule has 0 spiro atoms. The van der Waals surface area contributed by atoms with E-state index in [1.54, 1.807) is 0 Å². The van der Waals surface area contributed by atoms with E-state index in [0.717, 1.165) is 45.2 Å². The predicted molar refractivity (Wildman–Crippen MR) is 90.3 cm³/mol. The van der Waals surface area contributed by atoms with E-state index >= 15 is 0 Å². The van der Waals surface area contributed by atoms with Crippen molar-refractivity contribution in [3.63, 3.8) is 0 Å². The first-order valence-corrected chi connectivity index (χ1v) is 8.61. The molecular formula is C17H30N4O2. The number of rotatable bonds is 6. The van der Waals surface area contributed by atoms with E-state index in [2.05, 4.69) is 20.2 Å². The molecule has 1 aliphatic carbocycles. The lowest BCUT2D eigenvalue weighted by Crippen LogP contribution is -2.44. The summed E-state index contributed by atoms with van der Waals surface area (Å²) in [7, 11) is 0. The molecule has 2 N–H and O–H groups in total. The van der Waals surface area contributed by atoms with Gasteiger partial charge in [0, 0.05) is 31.0 Å². The molecule has 1 amide bonds. The highest BCUT2D eigenvalue weighted by Gasteiger charge is 2.24. The molecule has 1 saturated carbocycles. The minimum atomic E-state index is -0.432. The summed E-state index contributed by atoms with van der Waals surface area (Å²) in [5, 5.41) is 6.60. The summed E-state index contributed by atoms with van der Waals surface area (Å²) in [6, 6.07) is 0.809. The third kappa shape index (κ3) is 7.03. The Hall–Kier alpha value is -1.56. The first-order chi connectivity index (χ1) is 10.9. The van der Waals surface area contributed by atoms with Gasteiger partial charge in [0.15, 0.2) is 0 Å². The van der Waals surface area contributed by atoms with Gasteiger partial charge in [-0.05, 0) is 59.4 Å². The highest BCUT2D eigenvalue weighted by molar-refractivity contribution is 5.68. The molecular weight excluding hydrogens is 292 g/mol. The van der Waals surface area contributed by atoms with Crippen LogP contribution in [0.15, 0.2) is 18.7 Å². The van der Waals surface area contributed by atoms with E-state index in [4.69, 9.17) is 4.74 Å². The van der Waals surface area contributed by atoms with Crippen molar-refractivity contribution in [2.75, 3.05) is 6.54 Å². The predicted octanol–water partition coefficient (Wildman–Crippen LogP) is 2.70. The Bertz CT molecular complexity index is 459. The van der Waals surface area contributed by atoms with E-state index in [9.17, 15) is 4.79 Å². The third-order valence-corrected chi connectivity index (χ3v) is 4.03. The van der Waals surface area contributed by atoms with Crippen LogP contribution in [0.1, 0.15) is 52.9 Å². The number of imidazole rings is 1. The minimum absolute atomic E-state index is 0.244. The first-order valence-electron chi connectivity index (χ1n) is 8.61. The fraction of sp³-hybridized carbons (Fsp3) is 0.765. The monoisotopic (exact) mass is 322 g/mol. The Morgan fingerprint density at radius 2 is 1.96 bits per heavy atom. The van der Waals surface area contributed by atoms with Crippen molar-refractivity contribution in [2.45, 2.75) is 77.1 Å². The van der Waals surface area contributed by atoms with Crippen LogP contribution in [0.5, 0.6) is 0 Å².